The molecule has 0 saturated carbocycles. The number of rotatable bonds is 4. The van der Waals surface area contributed by atoms with Gasteiger partial charge in [-0.05, 0) is 25.1 Å². The molecule has 1 aromatic heterocycles. The highest BCUT2D eigenvalue weighted by molar-refractivity contribution is 7.89. The van der Waals surface area contributed by atoms with Gasteiger partial charge >= 0.3 is 0 Å². The zero-order valence-corrected chi connectivity index (χ0v) is 11.4. The summed E-state index contributed by atoms with van der Waals surface area (Å²) in [6, 6.07) is 3.98. The van der Waals surface area contributed by atoms with Crippen LogP contribution in [0.3, 0.4) is 0 Å². The molecular formula is C12H15FN2O3S. The summed E-state index contributed by atoms with van der Waals surface area (Å²) in [4.78, 5) is -0.0784. The number of benzene rings is 1. The maximum Gasteiger partial charge on any atom is 0.240 e. The lowest BCUT2D eigenvalue weighted by molar-refractivity contribution is 0.104. The molecule has 0 aliphatic carbocycles. The lowest BCUT2D eigenvalue weighted by Crippen LogP contribution is -2.14. The average molecular weight is 286 g/mol. The third-order valence-electron chi connectivity index (χ3n) is 2.97. The zero-order chi connectivity index (χ0) is 14.2. The number of ether oxygens (including phenoxy) is 1. The van der Waals surface area contributed by atoms with Gasteiger partial charge in [0, 0.05) is 30.8 Å². The van der Waals surface area contributed by atoms with E-state index in [2.05, 4.69) is 0 Å². The number of hydrogen-bond acceptors (Lipinski definition) is 3. The minimum Gasteiger partial charge on any atom is -0.380 e. The van der Waals surface area contributed by atoms with Crippen molar-refractivity contribution >= 4 is 20.9 Å². The summed E-state index contributed by atoms with van der Waals surface area (Å²) < 4.78 is 43.2. The van der Waals surface area contributed by atoms with Crippen LogP contribution in [0.15, 0.2) is 29.3 Å². The fourth-order valence-corrected chi connectivity index (χ4v) is 2.71. The second kappa shape index (κ2) is 4.92. The normalized spacial score (nSPS) is 13.9. The Balaban J connectivity index is 2.67. The number of methoxy groups -OCH3 is 1. The van der Waals surface area contributed by atoms with Crippen molar-refractivity contribution in [2.75, 3.05) is 7.11 Å². The Morgan fingerprint density at radius 1 is 1.47 bits per heavy atom. The summed E-state index contributed by atoms with van der Waals surface area (Å²) in [5.74, 6) is -0.505. The van der Waals surface area contributed by atoms with Crippen LogP contribution < -0.4 is 5.14 Å². The second-order valence-corrected chi connectivity index (χ2v) is 5.93. The van der Waals surface area contributed by atoms with Crippen molar-refractivity contribution < 1.29 is 17.5 Å². The van der Waals surface area contributed by atoms with Gasteiger partial charge in [0.15, 0.2) is 0 Å². The monoisotopic (exact) mass is 286 g/mol. The lowest BCUT2D eigenvalue weighted by atomic mass is 10.2. The minimum absolute atomic E-state index is 0.0784. The maximum absolute atomic E-state index is 13.3. The SMILES string of the molecule is COC(C)Cn1cc(S(N)(=O)=O)c2cc(F)ccc21. The quantitative estimate of drug-likeness (QED) is 0.924. The Morgan fingerprint density at radius 2 is 2.16 bits per heavy atom. The predicted molar refractivity (Wildman–Crippen MR) is 69.7 cm³/mol. The molecule has 0 saturated heterocycles. The Bertz CT molecular complexity index is 709. The minimum atomic E-state index is -3.90. The van der Waals surface area contributed by atoms with Crippen molar-refractivity contribution in [3.8, 4) is 0 Å². The number of nitrogens with two attached hydrogens (primary N) is 1. The first-order valence-electron chi connectivity index (χ1n) is 5.67. The topological polar surface area (TPSA) is 74.3 Å². The maximum atomic E-state index is 13.3. The molecular weight excluding hydrogens is 271 g/mol. The van der Waals surface area contributed by atoms with Gasteiger partial charge in [-0.1, -0.05) is 0 Å². The number of sulfonamides is 1. The summed E-state index contributed by atoms with van der Waals surface area (Å²) in [7, 11) is -2.33. The molecule has 0 amide bonds. The summed E-state index contributed by atoms with van der Waals surface area (Å²) in [5, 5.41) is 5.44. The van der Waals surface area contributed by atoms with Crippen LogP contribution in [0.25, 0.3) is 10.9 Å². The first-order chi connectivity index (χ1) is 8.82. The average Bonchev–Trinajstić information content (AvgIpc) is 2.67. The van der Waals surface area contributed by atoms with Gasteiger partial charge < -0.3 is 9.30 Å². The van der Waals surface area contributed by atoms with Crippen molar-refractivity contribution in [3.63, 3.8) is 0 Å². The summed E-state index contributed by atoms with van der Waals surface area (Å²) in [6.07, 6.45) is 1.31. The van der Waals surface area contributed by atoms with Crippen molar-refractivity contribution in [2.24, 2.45) is 5.14 Å². The van der Waals surface area contributed by atoms with E-state index in [4.69, 9.17) is 9.88 Å². The highest BCUT2D eigenvalue weighted by Crippen LogP contribution is 2.25. The summed E-state index contributed by atoms with van der Waals surface area (Å²) >= 11 is 0. The van der Waals surface area contributed by atoms with Gasteiger partial charge in [-0.3, -0.25) is 0 Å². The molecule has 5 nitrogen and oxygen atoms in total. The predicted octanol–water partition coefficient (Wildman–Crippen LogP) is 1.46. The van der Waals surface area contributed by atoms with Crippen molar-refractivity contribution in [3.05, 3.63) is 30.2 Å². The van der Waals surface area contributed by atoms with Crippen LogP contribution in [0.5, 0.6) is 0 Å². The van der Waals surface area contributed by atoms with E-state index in [1.54, 1.807) is 11.7 Å². The van der Waals surface area contributed by atoms with Gasteiger partial charge in [0.05, 0.1) is 6.10 Å². The molecule has 0 aliphatic heterocycles. The fourth-order valence-electron chi connectivity index (χ4n) is 1.97. The van der Waals surface area contributed by atoms with E-state index in [0.29, 0.717) is 12.1 Å². The molecule has 2 aromatic rings. The molecule has 2 rings (SSSR count). The first kappa shape index (κ1) is 14.0. The molecule has 0 fully saturated rings. The van der Waals surface area contributed by atoms with Crippen LogP contribution in [0, 0.1) is 5.82 Å². The van der Waals surface area contributed by atoms with E-state index >= 15 is 0 Å². The Kier molecular flexibility index (Phi) is 3.62. The molecule has 19 heavy (non-hydrogen) atoms. The van der Waals surface area contributed by atoms with E-state index in [-0.39, 0.29) is 16.4 Å². The molecule has 104 valence electrons. The Labute approximate surface area is 110 Å². The standard InChI is InChI=1S/C12H15FN2O3S/c1-8(18-2)6-15-7-12(19(14,16)17)10-5-9(13)3-4-11(10)15/h3-5,7-8H,6H2,1-2H3,(H2,14,16,17). The van der Waals surface area contributed by atoms with Gasteiger partial charge in [0.1, 0.15) is 10.7 Å². The van der Waals surface area contributed by atoms with E-state index in [0.717, 1.165) is 0 Å². The van der Waals surface area contributed by atoms with Gasteiger partial charge in [-0.25, -0.2) is 17.9 Å². The number of halogens is 1. The van der Waals surface area contributed by atoms with Crippen LogP contribution in [0.1, 0.15) is 6.92 Å². The van der Waals surface area contributed by atoms with Crippen molar-refractivity contribution in [2.45, 2.75) is 24.5 Å². The smallest absolute Gasteiger partial charge is 0.240 e. The number of nitrogens with zero attached hydrogens (tertiary/aromatic N) is 1. The van der Waals surface area contributed by atoms with E-state index < -0.39 is 15.8 Å². The highest BCUT2D eigenvalue weighted by Gasteiger charge is 2.18. The molecule has 2 N–H and O–H groups in total. The highest BCUT2D eigenvalue weighted by atomic mass is 32.2. The van der Waals surface area contributed by atoms with E-state index in [9.17, 15) is 12.8 Å². The van der Waals surface area contributed by atoms with E-state index in [1.165, 1.54) is 24.4 Å². The van der Waals surface area contributed by atoms with Crippen LogP contribution in [-0.2, 0) is 21.3 Å². The van der Waals surface area contributed by atoms with Gasteiger partial charge in [0.25, 0.3) is 0 Å². The van der Waals surface area contributed by atoms with Gasteiger partial charge in [0.2, 0.25) is 10.0 Å². The summed E-state index contributed by atoms with van der Waals surface area (Å²) in [5.41, 5.74) is 0.606. The Morgan fingerprint density at radius 3 is 2.74 bits per heavy atom. The summed E-state index contributed by atoms with van der Waals surface area (Å²) in [6.45, 7) is 2.31. The van der Waals surface area contributed by atoms with Gasteiger partial charge in [-0.15, -0.1) is 0 Å². The third-order valence-corrected chi connectivity index (χ3v) is 3.91. The van der Waals surface area contributed by atoms with Crippen LogP contribution in [0.4, 0.5) is 4.39 Å². The molecule has 0 aliphatic rings. The molecule has 1 unspecified atom stereocenters. The molecule has 1 atom stereocenters. The fraction of sp³-hybridized carbons (Fsp3) is 0.333. The second-order valence-electron chi connectivity index (χ2n) is 4.40. The van der Waals surface area contributed by atoms with Crippen molar-refractivity contribution in [1.29, 1.82) is 0 Å². The zero-order valence-electron chi connectivity index (χ0n) is 10.6. The number of primary sulfonamides is 1. The van der Waals surface area contributed by atoms with Crippen molar-refractivity contribution in [1.82, 2.24) is 4.57 Å². The lowest BCUT2D eigenvalue weighted by Gasteiger charge is -2.11. The third kappa shape index (κ3) is 2.78. The molecule has 1 aromatic carbocycles. The number of hydrogen-bond donors (Lipinski definition) is 1. The van der Waals surface area contributed by atoms with Crippen LogP contribution in [-0.4, -0.2) is 26.2 Å². The van der Waals surface area contributed by atoms with Gasteiger partial charge in [-0.2, -0.15) is 0 Å². The molecule has 7 heteroatoms. The van der Waals surface area contributed by atoms with Crippen LogP contribution in [0.2, 0.25) is 0 Å². The molecule has 0 spiro atoms. The Hall–Kier alpha value is -1.44. The molecule has 0 radical (unpaired) electrons. The molecule has 0 bridgehead atoms. The first-order valence-corrected chi connectivity index (χ1v) is 7.21. The number of fused-ring (bicyclic) bond motifs is 1. The molecule has 1 heterocycles. The van der Waals surface area contributed by atoms with Crippen LogP contribution >= 0.6 is 0 Å². The number of aromatic nitrogens is 1. The van der Waals surface area contributed by atoms with E-state index in [1.807, 2.05) is 6.92 Å². The largest absolute Gasteiger partial charge is 0.380 e.